The number of rotatable bonds is 4. The molecule has 5 heteroatoms. The van der Waals surface area contributed by atoms with E-state index in [9.17, 15) is 4.79 Å². The van der Waals surface area contributed by atoms with Gasteiger partial charge in [-0.05, 0) is 19.1 Å². The van der Waals surface area contributed by atoms with Crippen LogP contribution in [0.4, 0.5) is 0 Å². The van der Waals surface area contributed by atoms with E-state index in [1.165, 1.54) is 11.3 Å². The van der Waals surface area contributed by atoms with Crippen molar-refractivity contribution in [3.05, 3.63) is 21.9 Å². The fourth-order valence-electron chi connectivity index (χ4n) is 1.25. The summed E-state index contributed by atoms with van der Waals surface area (Å²) in [5.41, 5.74) is 5.28. The van der Waals surface area contributed by atoms with Crippen LogP contribution in [0.25, 0.3) is 0 Å². The van der Waals surface area contributed by atoms with E-state index < -0.39 is 0 Å². The number of hydrogen-bond acceptors (Lipinski definition) is 4. The molecule has 0 saturated heterocycles. The SMILES string of the molecule is COCC(C)NC(=O)c1ccc(C#CCN)s1. The van der Waals surface area contributed by atoms with E-state index in [-0.39, 0.29) is 11.9 Å². The zero-order valence-corrected chi connectivity index (χ0v) is 10.8. The van der Waals surface area contributed by atoms with Crippen LogP contribution in [-0.4, -0.2) is 32.2 Å². The van der Waals surface area contributed by atoms with Crippen LogP contribution >= 0.6 is 11.3 Å². The van der Waals surface area contributed by atoms with Gasteiger partial charge >= 0.3 is 0 Å². The fourth-order valence-corrected chi connectivity index (χ4v) is 2.04. The predicted molar refractivity (Wildman–Crippen MR) is 69.1 cm³/mol. The molecular weight excluding hydrogens is 236 g/mol. The van der Waals surface area contributed by atoms with Crippen molar-refractivity contribution in [2.75, 3.05) is 20.3 Å². The first-order valence-electron chi connectivity index (χ1n) is 5.26. The average Bonchev–Trinajstić information content (AvgIpc) is 2.75. The summed E-state index contributed by atoms with van der Waals surface area (Å²) in [5.74, 6) is 5.55. The normalized spacial score (nSPS) is 11.5. The molecule has 0 aliphatic rings. The summed E-state index contributed by atoms with van der Waals surface area (Å²) in [5, 5.41) is 2.84. The minimum atomic E-state index is -0.0969. The van der Waals surface area contributed by atoms with Gasteiger partial charge in [0.15, 0.2) is 0 Å². The molecule has 4 nitrogen and oxygen atoms in total. The van der Waals surface area contributed by atoms with Gasteiger partial charge in [-0.15, -0.1) is 11.3 Å². The number of thiophene rings is 1. The van der Waals surface area contributed by atoms with E-state index in [4.69, 9.17) is 10.5 Å². The topological polar surface area (TPSA) is 64.3 Å². The van der Waals surface area contributed by atoms with E-state index in [0.717, 1.165) is 4.88 Å². The van der Waals surface area contributed by atoms with Gasteiger partial charge in [-0.2, -0.15) is 0 Å². The number of methoxy groups -OCH3 is 1. The van der Waals surface area contributed by atoms with Gasteiger partial charge in [-0.1, -0.05) is 11.8 Å². The van der Waals surface area contributed by atoms with Crippen LogP contribution in [0.15, 0.2) is 12.1 Å². The standard InChI is InChI=1S/C12H16N2O2S/c1-9(8-16-2)14-12(15)11-6-5-10(17-11)4-3-7-13/h5-6,9H,7-8,13H2,1-2H3,(H,14,15). The summed E-state index contributed by atoms with van der Waals surface area (Å²) in [6.07, 6.45) is 0. The lowest BCUT2D eigenvalue weighted by molar-refractivity contribution is 0.0909. The number of ether oxygens (including phenoxy) is 1. The average molecular weight is 252 g/mol. The summed E-state index contributed by atoms with van der Waals surface area (Å²) < 4.78 is 4.95. The second-order valence-corrected chi connectivity index (χ2v) is 4.58. The van der Waals surface area contributed by atoms with Crippen molar-refractivity contribution in [3.8, 4) is 11.8 Å². The Labute approximate surface area is 105 Å². The van der Waals surface area contributed by atoms with Gasteiger partial charge in [0, 0.05) is 13.2 Å². The molecule has 1 rings (SSSR count). The number of hydrogen-bond donors (Lipinski definition) is 2. The molecule has 92 valence electrons. The van der Waals surface area contributed by atoms with Crippen molar-refractivity contribution in [1.82, 2.24) is 5.32 Å². The quantitative estimate of drug-likeness (QED) is 0.780. The summed E-state index contributed by atoms with van der Waals surface area (Å²) in [7, 11) is 1.61. The molecule has 1 aromatic rings. The van der Waals surface area contributed by atoms with Gasteiger partial charge in [0.1, 0.15) is 0 Å². The van der Waals surface area contributed by atoms with Crippen molar-refractivity contribution < 1.29 is 9.53 Å². The monoisotopic (exact) mass is 252 g/mol. The largest absolute Gasteiger partial charge is 0.383 e. The molecule has 1 aromatic heterocycles. The third-order valence-electron chi connectivity index (χ3n) is 1.94. The van der Waals surface area contributed by atoms with E-state index in [0.29, 0.717) is 18.0 Å². The summed E-state index contributed by atoms with van der Waals surface area (Å²) >= 11 is 1.36. The highest BCUT2D eigenvalue weighted by Gasteiger charge is 2.11. The minimum Gasteiger partial charge on any atom is -0.383 e. The Balaban J connectivity index is 2.60. The molecule has 0 radical (unpaired) electrons. The lowest BCUT2D eigenvalue weighted by atomic mass is 10.3. The van der Waals surface area contributed by atoms with Crippen molar-refractivity contribution in [3.63, 3.8) is 0 Å². The summed E-state index contributed by atoms with van der Waals surface area (Å²) in [6.45, 7) is 2.71. The number of carbonyl (C=O) groups is 1. The molecule has 0 bridgehead atoms. The molecular formula is C12H16N2O2S. The Morgan fingerprint density at radius 2 is 2.41 bits per heavy atom. The van der Waals surface area contributed by atoms with Crippen LogP contribution < -0.4 is 11.1 Å². The minimum absolute atomic E-state index is 0.00632. The lowest BCUT2D eigenvalue weighted by Crippen LogP contribution is -2.35. The Kier molecular flexibility index (Phi) is 5.70. The van der Waals surface area contributed by atoms with Gasteiger partial charge < -0.3 is 15.8 Å². The van der Waals surface area contributed by atoms with Crippen LogP contribution in [0.3, 0.4) is 0 Å². The van der Waals surface area contributed by atoms with Gasteiger partial charge in [0.25, 0.3) is 5.91 Å². The second kappa shape index (κ2) is 7.07. The van der Waals surface area contributed by atoms with Crippen molar-refractivity contribution >= 4 is 17.2 Å². The Bertz CT molecular complexity index is 431. The molecule has 1 unspecified atom stereocenters. The summed E-state index contributed by atoms with van der Waals surface area (Å²) in [4.78, 5) is 13.3. The first-order valence-corrected chi connectivity index (χ1v) is 6.07. The molecule has 0 aliphatic carbocycles. The second-order valence-electron chi connectivity index (χ2n) is 3.50. The van der Waals surface area contributed by atoms with Crippen LogP contribution in [0.2, 0.25) is 0 Å². The third-order valence-corrected chi connectivity index (χ3v) is 2.94. The molecule has 0 aromatic carbocycles. The number of amides is 1. The smallest absolute Gasteiger partial charge is 0.261 e. The molecule has 0 saturated carbocycles. The van der Waals surface area contributed by atoms with Crippen LogP contribution in [0.5, 0.6) is 0 Å². The first kappa shape index (κ1) is 13.7. The maximum atomic E-state index is 11.8. The molecule has 0 fully saturated rings. The van der Waals surface area contributed by atoms with Crippen LogP contribution in [-0.2, 0) is 4.74 Å². The first-order chi connectivity index (χ1) is 8.17. The number of nitrogens with two attached hydrogens (primary N) is 1. The highest BCUT2D eigenvalue weighted by Crippen LogP contribution is 2.15. The van der Waals surface area contributed by atoms with E-state index in [1.54, 1.807) is 13.2 Å². The lowest BCUT2D eigenvalue weighted by Gasteiger charge is -2.11. The molecule has 0 spiro atoms. The third kappa shape index (κ3) is 4.57. The molecule has 1 heterocycles. The van der Waals surface area contributed by atoms with E-state index in [2.05, 4.69) is 17.2 Å². The van der Waals surface area contributed by atoms with Gasteiger partial charge in [-0.3, -0.25) is 4.79 Å². The Morgan fingerprint density at radius 1 is 1.65 bits per heavy atom. The number of nitrogens with one attached hydrogen (secondary N) is 1. The zero-order valence-electron chi connectivity index (χ0n) is 9.95. The zero-order chi connectivity index (χ0) is 12.7. The molecule has 1 amide bonds. The van der Waals surface area contributed by atoms with Gasteiger partial charge in [0.2, 0.25) is 0 Å². The molecule has 1 atom stereocenters. The van der Waals surface area contributed by atoms with Gasteiger partial charge in [0.05, 0.1) is 22.9 Å². The maximum Gasteiger partial charge on any atom is 0.261 e. The maximum absolute atomic E-state index is 11.8. The Morgan fingerprint density at radius 3 is 3.06 bits per heavy atom. The fraction of sp³-hybridized carbons (Fsp3) is 0.417. The van der Waals surface area contributed by atoms with E-state index >= 15 is 0 Å². The van der Waals surface area contributed by atoms with E-state index in [1.807, 2.05) is 13.0 Å². The highest BCUT2D eigenvalue weighted by atomic mass is 32.1. The Hall–Kier alpha value is -1.35. The molecule has 3 N–H and O–H groups in total. The number of carbonyl (C=O) groups excluding carboxylic acids is 1. The van der Waals surface area contributed by atoms with Crippen LogP contribution in [0.1, 0.15) is 21.5 Å². The molecule has 17 heavy (non-hydrogen) atoms. The molecule has 0 aliphatic heterocycles. The van der Waals surface area contributed by atoms with Crippen molar-refractivity contribution in [2.45, 2.75) is 13.0 Å². The van der Waals surface area contributed by atoms with Gasteiger partial charge in [-0.25, -0.2) is 0 Å². The predicted octanol–water partition coefficient (Wildman–Crippen LogP) is 0.823. The van der Waals surface area contributed by atoms with Crippen LogP contribution in [0, 0.1) is 11.8 Å². The highest BCUT2D eigenvalue weighted by molar-refractivity contribution is 7.14. The van der Waals surface area contributed by atoms with Crippen molar-refractivity contribution in [1.29, 1.82) is 0 Å². The van der Waals surface area contributed by atoms with Crippen molar-refractivity contribution in [2.24, 2.45) is 5.73 Å². The summed E-state index contributed by atoms with van der Waals surface area (Å²) in [6, 6.07) is 3.58.